The second-order valence-corrected chi connectivity index (χ2v) is 7.01. The second kappa shape index (κ2) is 7.07. The minimum atomic E-state index is -0.0516. The zero-order valence-electron chi connectivity index (χ0n) is 15.6. The highest BCUT2D eigenvalue weighted by Gasteiger charge is 2.29. The van der Waals surface area contributed by atoms with Crippen LogP contribution in [0.15, 0.2) is 23.3 Å². The summed E-state index contributed by atoms with van der Waals surface area (Å²) >= 11 is 0. The van der Waals surface area contributed by atoms with Gasteiger partial charge in [-0.2, -0.15) is 0 Å². The van der Waals surface area contributed by atoms with Gasteiger partial charge in [-0.15, -0.1) is 0 Å². The van der Waals surface area contributed by atoms with Gasteiger partial charge in [-0.3, -0.25) is 19.1 Å². The summed E-state index contributed by atoms with van der Waals surface area (Å²) in [5.41, 5.74) is 1.32. The maximum Gasteiger partial charge on any atom is 0.258 e. The van der Waals surface area contributed by atoms with Crippen molar-refractivity contribution >= 4 is 11.9 Å². The van der Waals surface area contributed by atoms with Crippen LogP contribution in [0.5, 0.6) is 0 Å². The largest absolute Gasteiger partial charge is 0.338 e. The fraction of sp³-hybridized carbons (Fsp3) is 0.500. The maximum absolute atomic E-state index is 12.7. The first kappa shape index (κ1) is 17.6. The zero-order valence-corrected chi connectivity index (χ0v) is 15.6. The van der Waals surface area contributed by atoms with Crippen LogP contribution < -0.4 is 10.5 Å². The van der Waals surface area contributed by atoms with Crippen molar-refractivity contribution in [1.29, 1.82) is 0 Å². The number of carbonyl (C=O) groups excluding carboxylic acids is 1. The standard InChI is InChI=1S/C18H23N7O2/c1-13-21-15-11-25(10-14(15)17(27)22(13)2)16(26)12-23-6-8-24(9-7-23)18-19-4-3-5-20-18/h3-5H,6-12H2,1-2H3. The molecule has 142 valence electrons. The lowest BCUT2D eigenvalue weighted by Gasteiger charge is -2.34. The summed E-state index contributed by atoms with van der Waals surface area (Å²) in [4.78, 5) is 44.1. The highest BCUT2D eigenvalue weighted by Crippen LogP contribution is 2.19. The summed E-state index contributed by atoms with van der Waals surface area (Å²) < 4.78 is 1.54. The molecular weight excluding hydrogens is 346 g/mol. The number of hydrogen-bond acceptors (Lipinski definition) is 7. The van der Waals surface area contributed by atoms with Crippen LogP contribution in [-0.4, -0.2) is 67.9 Å². The second-order valence-electron chi connectivity index (χ2n) is 7.01. The molecule has 0 atom stereocenters. The van der Waals surface area contributed by atoms with Gasteiger partial charge in [-0.1, -0.05) is 0 Å². The lowest BCUT2D eigenvalue weighted by molar-refractivity contribution is -0.133. The monoisotopic (exact) mass is 369 g/mol. The quantitative estimate of drug-likeness (QED) is 0.724. The Labute approximate surface area is 157 Å². The fourth-order valence-corrected chi connectivity index (χ4v) is 3.56. The van der Waals surface area contributed by atoms with Crippen LogP contribution in [0.25, 0.3) is 0 Å². The van der Waals surface area contributed by atoms with Gasteiger partial charge in [0.2, 0.25) is 11.9 Å². The Hall–Kier alpha value is -2.81. The van der Waals surface area contributed by atoms with Crippen LogP contribution in [0.2, 0.25) is 0 Å². The van der Waals surface area contributed by atoms with Crippen LogP contribution in [0.4, 0.5) is 5.95 Å². The number of aromatic nitrogens is 4. The molecule has 0 spiro atoms. The van der Waals surface area contributed by atoms with Gasteiger partial charge in [0.15, 0.2) is 0 Å². The summed E-state index contributed by atoms with van der Waals surface area (Å²) in [5, 5.41) is 0. The smallest absolute Gasteiger partial charge is 0.258 e. The Kier molecular flexibility index (Phi) is 4.61. The van der Waals surface area contributed by atoms with Crippen LogP contribution in [0.1, 0.15) is 17.1 Å². The third-order valence-electron chi connectivity index (χ3n) is 5.30. The van der Waals surface area contributed by atoms with Gasteiger partial charge in [0.25, 0.3) is 5.56 Å². The zero-order chi connectivity index (χ0) is 19.0. The molecule has 2 aromatic heterocycles. The topological polar surface area (TPSA) is 87.5 Å². The third-order valence-corrected chi connectivity index (χ3v) is 5.30. The molecule has 0 radical (unpaired) electrons. The van der Waals surface area contributed by atoms with Crippen molar-refractivity contribution in [2.75, 3.05) is 37.6 Å². The number of anilines is 1. The highest BCUT2D eigenvalue weighted by atomic mass is 16.2. The molecule has 1 fully saturated rings. The number of fused-ring (bicyclic) bond motifs is 1. The Bertz CT molecular complexity index is 904. The fourth-order valence-electron chi connectivity index (χ4n) is 3.56. The van der Waals surface area contributed by atoms with Gasteiger partial charge in [0.1, 0.15) is 5.82 Å². The summed E-state index contributed by atoms with van der Waals surface area (Å²) in [6, 6.07) is 1.80. The molecule has 4 rings (SSSR count). The van der Waals surface area contributed by atoms with E-state index >= 15 is 0 Å². The van der Waals surface area contributed by atoms with E-state index in [1.54, 1.807) is 30.4 Å². The number of nitrogens with zero attached hydrogens (tertiary/aromatic N) is 7. The number of piperazine rings is 1. The predicted molar refractivity (Wildman–Crippen MR) is 99.2 cm³/mol. The molecule has 1 saturated heterocycles. The number of amides is 1. The van der Waals surface area contributed by atoms with E-state index in [4.69, 9.17) is 0 Å². The van der Waals surface area contributed by atoms with Crippen LogP contribution in [0.3, 0.4) is 0 Å². The Morgan fingerprint density at radius 3 is 2.52 bits per heavy atom. The van der Waals surface area contributed by atoms with E-state index in [2.05, 4.69) is 24.8 Å². The molecule has 0 saturated carbocycles. The number of rotatable bonds is 3. The first-order chi connectivity index (χ1) is 13.0. The first-order valence-electron chi connectivity index (χ1n) is 9.10. The van der Waals surface area contributed by atoms with Crippen molar-refractivity contribution in [1.82, 2.24) is 29.3 Å². The molecule has 0 aromatic carbocycles. The van der Waals surface area contributed by atoms with Gasteiger partial charge in [-0.05, 0) is 13.0 Å². The number of aryl methyl sites for hydroxylation is 1. The van der Waals surface area contributed by atoms with Crippen molar-refractivity contribution < 1.29 is 4.79 Å². The van der Waals surface area contributed by atoms with Crippen LogP contribution >= 0.6 is 0 Å². The molecule has 0 bridgehead atoms. The molecule has 9 nitrogen and oxygen atoms in total. The molecule has 4 heterocycles. The normalized spacial score (nSPS) is 17.3. The van der Waals surface area contributed by atoms with E-state index in [9.17, 15) is 9.59 Å². The van der Waals surface area contributed by atoms with Crippen molar-refractivity contribution in [2.45, 2.75) is 20.0 Å². The lowest BCUT2D eigenvalue weighted by atomic mass is 10.2. The predicted octanol–water partition coefficient (Wildman–Crippen LogP) is -0.457. The van der Waals surface area contributed by atoms with E-state index in [0.29, 0.717) is 31.0 Å². The van der Waals surface area contributed by atoms with Gasteiger partial charge < -0.3 is 9.80 Å². The average Bonchev–Trinajstić information content (AvgIpc) is 3.12. The third kappa shape index (κ3) is 3.42. The van der Waals surface area contributed by atoms with Gasteiger partial charge in [-0.25, -0.2) is 15.0 Å². The summed E-state index contributed by atoms with van der Waals surface area (Å²) in [5.74, 6) is 1.44. The van der Waals surface area contributed by atoms with Crippen molar-refractivity contribution in [3.63, 3.8) is 0 Å². The lowest BCUT2D eigenvalue weighted by Crippen LogP contribution is -2.50. The van der Waals surface area contributed by atoms with E-state index in [1.807, 2.05) is 6.92 Å². The molecule has 2 aliphatic rings. The molecule has 0 aliphatic carbocycles. The van der Waals surface area contributed by atoms with E-state index in [0.717, 1.165) is 37.8 Å². The van der Waals surface area contributed by atoms with Crippen LogP contribution in [0, 0.1) is 6.92 Å². The van der Waals surface area contributed by atoms with E-state index in [-0.39, 0.29) is 11.5 Å². The van der Waals surface area contributed by atoms with Crippen molar-refractivity contribution in [2.24, 2.45) is 7.05 Å². The molecule has 2 aliphatic heterocycles. The molecule has 9 heteroatoms. The highest BCUT2D eigenvalue weighted by molar-refractivity contribution is 5.78. The van der Waals surface area contributed by atoms with Gasteiger partial charge in [0, 0.05) is 45.6 Å². The summed E-state index contributed by atoms with van der Waals surface area (Å²) in [6.45, 7) is 6.08. The SMILES string of the molecule is Cc1nc2c(c(=O)n1C)CN(C(=O)CN1CCN(c3ncccn3)CC1)C2. The molecular formula is C18H23N7O2. The molecule has 0 N–H and O–H groups in total. The Morgan fingerprint density at radius 2 is 1.81 bits per heavy atom. The van der Waals surface area contributed by atoms with Gasteiger partial charge in [0.05, 0.1) is 30.9 Å². The Balaban J connectivity index is 1.34. The van der Waals surface area contributed by atoms with Gasteiger partial charge >= 0.3 is 0 Å². The average molecular weight is 369 g/mol. The van der Waals surface area contributed by atoms with Crippen LogP contribution in [-0.2, 0) is 24.9 Å². The minimum absolute atomic E-state index is 0.0390. The first-order valence-corrected chi connectivity index (χ1v) is 9.10. The summed E-state index contributed by atoms with van der Waals surface area (Å²) in [7, 11) is 1.71. The molecule has 27 heavy (non-hydrogen) atoms. The van der Waals surface area contributed by atoms with Crippen molar-refractivity contribution in [3.8, 4) is 0 Å². The maximum atomic E-state index is 12.7. The molecule has 0 unspecified atom stereocenters. The van der Waals surface area contributed by atoms with E-state index < -0.39 is 0 Å². The number of carbonyl (C=O) groups is 1. The molecule has 1 amide bonds. The van der Waals surface area contributed by atoms with Crippen molar-refractivity contribution in [3.05, 3.63) is 45.9 Å². The van der Waals surface area contributed by atoms with E-state index in [1.165, 1.54) is 4.57 Å². The molecule has 2 aromatic rings. The summed E-state index contributed by atoms with van der Waals surface area (Å²) in [6.07, 6.45) is 3.48. The minimum Gasteiger partial charge on any atom is -0.338 e. The Morgan fingerprint density at radius 1 is 1.11 bits per heavy atom. The number of hydrogen-bond donors (Lipinski definition) is 0.